The Balaban J connectivity index is 1.29. The molecule has 0 spiro atoms. The molecule has 0 aromatic heterocycles. The molecule has 48 heavy (non-hydrogen) atoms. The zero-order valence-corrected chi connectivity index (χ0v) is 26.8. The second-order valence-corrected chi connectivity index (χ2v) is 13.9. The van der Waals surface area contributed by atoms with E-state index in [-0.39, 0.29) is 5.57 Å². The van der Waals surface area contributed by atoms with Gasteiger partial charge in [-0.1, -0.05) is 98.5 Å². The van der Waals surface area contributed by atoms with Crippen LogP contribution in [0.1, 0.15) is 31.9 Å². The number of benzene rings is 2. The van der Waals surface area contributed by atoms with Crippen molar-refractivity contribution in [1.29, 1.82) is 0 Å². The van der Waals surface area contributed by atoms with Crippen molar-refractivity contribution in [1.82, 2.24) is 0 Å². The van der Waals surface area contributed by atoms with E-state index in [2.05, 4.69) is 6.58 Å². The molecule has 3 bridgehead atoms. The van der Waals surface area contributed by atoms with E-state index in [0.29, 0.717) is 11.1 Å². The van der Waals surface area contributed by atoms with Gasteiger partial charge in [0.15, 0.2) is 17.0 Å². The summed E-state index contributed by atoms with van der Waals surface area (Å²) in [6.45, 7) is 8.79. The average Bonchev–Trinajstić information content (AvgIpc) is 3.71. The molecule has 3 aliphatic carbocycles. The first-order valence-corrected chi connectivity index (χ1v) is 16.2. The summed E-state index contributed by atoms with van der Waals surface area (Å²) in [6.07, 6.45) is 3.34. The van der Waals surface area contributed by atoms with Gasteiger partial charge in [0.25, 0.3) is 0 Å². The molecule has 0 radical (unpaired) electrons. The fourth-order valence-corrected chi connectivity index (χ4v) is 9.34. The number of ketones is 1. The van der Waals surface area contributed by atoms with Gasteiger partial charge >= 0.3 is 11.9 Å². The third kappa shape index (κ3) is 3.76. The minimum atomic E-state index is -2.43. The number of hydrogen-bond acceptors (Lipinski definition) is 10. The van der Waals surface area contributed by atoms with Crippen LogP contribution in [-0.2, 0) is 39.2 Å². The number of rotatable bonds is 7. The monoisotopic (exact) mass is 654 g/mol. The van der Waals surface area contributed by atoms with Crippen molar-refractivity contribution in [2.75, 3.05) is 6.61 Å². The van der Waals surface area contributed by atoms with Crippen LogP contribution < -0.4 is 0 Å². The second kappa shape index (κ2) is 10.4. The van der Waals surface area contributed by atoms with Gasteiger partial charge in [-0.15, -0.1) is 0 Å². The van der Waals surface area contributed by atoms with Gasteiger partial charge in [0.1, 0.15) is 30.0 Å². The summed E-state index contributed by atoms with van der Waals surface area (Å²) in [4.78, 5) is 27.5. The van der Waals surface area contributed by atoms with Crippen LogP contribution in [0.5, 0.6) is 0 Å². The molecule has 5 fully saturated rings. The Morgan fingerprint density at radius 2 is 1.71 bits per heavy atom. The topological polar surface area (TPSA) is 144 Å². The lowest BCUT2D eigenvalue weighted by atomic mass is 9.53. The Hall–Kier alpha value is -3.74. The maximum atomic E-state index is 13.9. The molecule has 6 aliphatic rings. The molecule has 3 saturated heterocycles. The fourth-order valence-electron chi connectivity index (χ4n) is 9.34. The predicted octanol–water partition coefficient (Wildman–Crippen LogP) is 3.12. The number of carbonyl (C=O) groups is 2. The minimum absolute atomic E-state index is 0.226. The van der Waals surface area contributed by atoms with Crippen LogP contribution in [0.2, 0.25) is 0 Å². The summed E-state index contributed by atoms with van der Waals surface area (Å²) in [5, 5.41) is 34.9. The van der Waals surface area contributed by atoms with Crippen molar-refractivity contribution in [3.05, 3.63) is 114 Å². The second-order valence-electron chi connectivity index (χ2n) is 13.9. The van der Waals surface area contributed by atoms with E-state index in [9.17, 15) is 24.9 Å². The lowest BCUT2D eigenvalue weighted by molar-refractivity contribution is -0.440. The molecule has 3 N–H and O–H groups in total. The van der Waals surface area contributed by atoms with Gasteiger partial charge in [-0.2, -0.15) is 0 Å². The highest BCUT2D eigenvalue weighted by Crippen LogP contribution is 2.74. The van der Waals surface area contributed by atoms with E-state index in [1.54, 1.807) is 56.3 Å². The zero-order valence-electron chi connectivity index (χ0n) is 26.8. The standard InChI is InChI=1S/C38H38O10/c1-21(2)36-30(44-27(40)18-12-11-15-24-13-7-5-8-14-24)23(4)37-26-19-22(3)29(41)35(26,43)33(42)34(20-39)31(45-34)28(37)32(36)46-38(47-36,48-37)25-16-9-6-10-17-25/h5-19,23,26,28,30-33,39,42-43H,1,20H2,2-4H3/b15-11+,18-12+/t23-,26-,28-,30-,31+,32-,33-,34+,35-,36+,37+,38-/m1/s1. The van der Waals surface area contributed by atoms with Gasteiger partial charge in [0.2, 0.25) is 0 Å². The molecule has 3 aliphatic heterocycles. The van der Waals surface area contributed by atoms with Gasteiger partial charge in [-0.3, -0.25) is 4.79 Å². The number of carbonyl (C=O) groups excluding carboxylic acids is 2. The first-order valence-electron chi connectivity index (χ1n) is 16.2. The fraction of sp³-hybridized carbons (Fsp3) is 0.421. The van der Waals surface area contributed by atoms with Gasteiger partial charge in [0, 0.05) is 29.4 Å². The van der Waals surface area contributed by atoms with Crippen molar-refractivity contribution in [3.8, 4) is 0 Å². The molecule has 2 aromatic rings. The number of epoxide rings is 1. The Morgan fingerprint density at radius 1 is 1.02 bits per heavy atom. The lowest BCUT2D eigenvalue weighted by Crippen LogP contribution is -2.76. The molecule has 0 amide bonds. The Kier molecular flexibility index (Phi) is 6.82. The van der Waals surface area contributed by atoms with Crippen molar-refractivity contribution in [2.45, 2.75) is 73.6 Å². The summed E-state index contributed by atoms with van der Waals surface area (Å²) < 4.78 is 33.4. The summed E-state index contributed by atoms with van der Waals surface area (Å²) in [7, 11) is 0. The maximum Gasteiger partial charge on any atom is 0.331 e. The first kappa shape index (κ1) is 31.5. The number of Topliss-reactive ketones (excluding diaryl/α,β-unsaturated/α-hetero) is 1. The average molecular weight is 655 g/mol. The molecule has 2 saturated carbocycles. The number of esters is 1. The molecule has 2 aromatic carbocycles. The molecule has 10 heteroatoms. The van der Waals surface area contributed by atoms with Crippen molar-refractivity contribution in [2.24, 2.45) is 17.8 Å². The van der Waals surface area contributed by atoms with Crippen LogP contribution in [0.25, 0.3) is 6.08 Å². The number of allylic oxidation sites excluding steroid dienone is 2. The lowest BCUT2D eigenvalue weighted by Gasteiger charge is -2.61. The summed E-state index contributed by atoms with van der Waals surface area (Å²) in [6, 6.07) is 18.6. The zero-order chi connectivity index (χ0) is 33.9. The maximum absolute atomic E-state index is 13.9. The molecule has 12 atom stereocenters. The van der Waals surface area contributed by atoms with Crippen molar-refractivity contribution in [3.63, 3.8) is 0 Å². The Morgan fingerprint density at radius 3 is 2.38 bits per heavy atom. The number of hydrogen-bond donors (Lipinski definition) is 3. The van der Waals surface area contributed by atoms with Crippen LogP contribution in [0, 0.1) is 17.8 Å². The first-order chi connectivity index (χ1) is 22.9. The predicted molar refractivity (Wildman–Crippen MR) is 170 cm³/mol. The van der Waals surface area contributed by atoms with Crippen LogP contribution >= 0.6 is 0 Å². The number of ether oxygens (including phenoxy) is 5. The van der Waals surface area contributed by atoms with E-state index in [0.717, 1.165) is 5.56 Å². The summed E-state index contributed by atoms with van der Waals surface area (Å²) >= 11 is 0. The van der Waals surface area contributed by atoms with Gasteiger partial charge in [-0.25, -0.2) is 4.79 Å². The third-order valence-electron chi connectivity index (χ3n) is 11.5. The van der Waals surface area contributed by atoms with Crippen molar-refractivity contribution >= 4 is 17.8 Å². The molecule has 250 valence electrons. The van der Waals surface area contributed by atoms with Crippen LogP contribution in [-0.4, -0.2) is 80.5 Å². The quantitative estimate of drug-likeness (QED) is 0.134. The molecule has 8 rings (SSSR count). The normalized spacial score (nSPS) is 45.0. The molecular weight excluding hydrogens is 616 g/mol. The molecule has 3 heterocycles. The highest BCUT2D eigenvalue weighted by Gasteiger charge is 2.90. The SMILES string of the molecule is C=C(C)[C@@]12O[C@@]3(c4ccccc4)O[C@@H]1[C@H]1[C@@H]4O[C@]4(CO)[C@@H](O)[C@]4(O)C(=O)C(C)=C[C@H]4[C@@]1(O3)[C@H](C)[C@H]2OC(=O)/C=C/C=C/c1ccccc1. The van der Waals surface area contributed by atoms with Crippen molar-refractivity contribution < 1.29 is 48.6 Å². The van der Waals surface area contributed by atoms with Gasteiger partial charge in [0.05, 0.1) is 12.2 Å². The highest BCUT2D eigenvalue weighted by atomic mass is 16.9. The number of aliphatic hydroxyl groups is 3. The van der Waals surface area contributed by atoms with Crippen LogP contribution in [0.3, 0.4) is 0 Å². The largest absolute Gasteiger partial charge is 0.455 e. The Labute approximate surface area is 277 Å². The molecular formula is C38H38O10. The summed E-state index contributed by atoms with van der Waals surface area (Å²) in [5.74, 6) is -5.98. The highest BCUT2D eigenvalue weighted by molar-refractivity contribution is 6.05. The summed E-state index contributed by atoms with van der Waals surface area (Å²) in [5.41, 5.74) is -4.99. The van der Waals surface area contributed by atoms with Crippen LogP contribution in [0.15, 0.2) is 103 Å². The molecule has 0 unspecified atom stereocenters. The third-order valence-corrected chi connectivity index (χ3v) is 11.5. The van der Waals surface area contributed by atoms with Gasteiger partial charge in [-0.05, 0) is 30.6 Å². The smallest absolute Gasteiger partial charge is 0.331 e. The van der Waals surface area contributed by atoms with E-state index in [1.807, 2.05) is 49.4 Å². The number of fused-ring (bicyclic) bond motifs is 3. The van der Waals surface area contributed by atoms with E-state index in [1.165, 1.54) is 6.08 Å². The minimum Gasteiger partial charge on any atom is -0.455 e. The van der Waals surface area contributed by atoms with Gasteiger partial charge < -0.3 is 39.0 Å². The van der Waals surface area contributed by atoms with Crippen LogP contribution in [0.4, 0.5) is 0 Å². The Bertz CT molecular complexity index is 1790. The molecule has 10 nitrogen and oxygen atoms in total. The van der Waals surface area contributed by atoms with E-state index >= 15 is 0 Å². The van der Waals surface area contributed by atoms with E-state index in [4.69, 9.17) is 23.7 Å². The van der Waals surface area contributed by atoms with E-state index < -0.39 is 88.9 Å². The number of aliphatic hydroxyl groups excluding tert-OH is 2.